The van der Waals surface area contributed by atoms with Gasteiger partial charge in [-0.05, 0) is 25.5 Å². The lowest BCUT2D eigenvalue weighted by molar-refractivity contribution is 0.289. The minimum absolute atomic E-state index is 0.175. The molecule has 1 aromatic heterocycles. The van der Waals surface area contributed by atoms with Crippen LogP contribution in [-0.2, 0) is 0 Å². The number of aliphatic hydroxyl groups excluding tert-OH is 1. The van der Waals surface area contributed by atoms with E-state index in [1.54, 1.807) is 6.07 Å². The van der Waals surface area contributed by atoms with Crippen LogP contribution in [-0.4, -0.2) is 29.8 Å². The lowest BCUT2D eigenvalue weighted by Gasteiger charge is -2.21. The molecule has 1 N–H and O–H groups in total. The first-order valence-corrected chi connectivity index (χ1v) is 5.04. The average Bonchev–Trinajstić information content (AvgIpc) is 2.30. The zero-order chi connectivity index (χ0) is 11.1. The molecular formula is C11H15N3O. The van der Waals surface area contributed by atoms with Gasteiger partial charge in [0.05, 0.1) is 0 Å². The van der Waals surface area contributed by atoms with Crippen molar-refractivity contribution in [2.45, 2.75) is 13.3 Å². The van der Waals surface area contributed by atoms with Gasteiger partial charge in [-0.3, -0.25) is 0 Å². The molecule has 0 unspecified atom stereocenters. The van der Waals surface area contributed by atoms with Crippen LogP contribution in [0.15, 0.2) is 18.2 Å². The predicted octanol–water partition coefficient (Wildman–Crippen LogP) is 1.16. The summed E-state index contributed by atoms with van der Waals surface area (Å²) in [6.07, 6.45) is 0.715. The molecule has 0 amide bonds. The number of nitrogens with zero attached hydrogens (tertiary/aromatic N) is 3. The molecule has 0 fully saturated rings. The van der Waals surface area contributed by atoms with Crippen LogP contribution in [0.1, 0.15) is 19.0 Å². The van der Waals surface area contributed by atoms with Gasteiger partial charge >= 0.3 is 0 Å². The topological polar surface area (TPSA) is 60.1 Å². The highest BCUT2D eigenvalue weighted by atomic mass is 16.3. The number of nitriles is 1. The fourth-order valence-electron chi connectivity index (χ4n) is 1.36. The molecule has 0 spiro atoms. The third-order valence-electron chi connectivity index (χ3n) is 2.14. The first-order chi connectivity index (χ1) is 7.31. The van der Waals surface area contributed by atoms with Gasteiger partial charge in [-0.25, -0.2) is 4.98 Å². The Labute approximate surface area is 89.8 Å². The van der Waals surface area contributed by atoms with Gasteiger partial charge in [0.1, 0.15) is 17.6 Å². The fourth-order valence-corrected chi connectivity index (χ4v) is 1.36. The Morgan fingerprint density at radius 3 is 2.93 bits per heavy atom. The Hall–Kier alpha value is -1.60. The van der Waals surface area contributed by atoms with E-state index in [1.807, 2.05) is 30.0 Å². The van der Waals surface area contributed by atoms with Crippen LogP contribution in [0.5, 0.6) is 0 Å². The Balaban J connectivity index is 2.78. The summed E-state index contributed by atoms with van der Waals surface area (Å²) >= 11 is 0. The number of rotatable bonds is 5. The van der Waals surface area contributed by atoms with Crippen molar-refractivity contribution in [1.82, 2.24) is 4.98 Å². The molecule has 4 heteroatoms. The Bertz CT molecular complexity index is 346. The summed E-state index contributed by atoms with van der Waals surface area (Å²) in [6, 6.07) is 7.40. The second-order valence-corrected chi connectivity index (χ2v) is 3.15. The first kappa shape index (κ1) is 11.5. The van der Waals surface area contributed by atoms with Crippen molar-refractivity contribution < 1.29 is 5.11 Å². The quantitative estimate of drug-likeness (QED) is 0.783. The summed E-state index contributed by atoms with van der Waals surface area (Å²) in [7, 11) is 0. The minimum atomic E-state index is 0.175. The van der Waals surface area contributed by atoms with Crippen molar-refractivity contribution in [1.29, 1.82) is 5.26 Å². The van der Waals surface area contributed by atoms with Crippen molar-refractivity contribution in [3.8, 4) is 6.07 Å². The summed E-state index contributed by atoms with van der Waals surface area (Å²) in [5, 5.41) is 17.5. The van der Waals surface area contributed by atoms with Crippen LogP contribution in [0.3, 0.4) is 0 Å². The smallest absolute Gasteiger partial charge is 0.142 e. The number of aromatic nitrogens is 1. The molecule has 80 valence electrons. The molecule has 0 atom stereocenters. The van der Waals surface area contributed by atoms with Gasteiger partial charge in [0.2, 0.25) is 0 Å². The Morgan fingerprint density at radius 2 is 2.33 bits per heavy atom. The van der Waals surface area contributed by atoms with Gasteiger partial charge < -0.3 is 10.0 Å². The highest BCUT2D eigenvalue weighted by Gasteiger charge is 2.05. The Kier molecular flexibility index (Phi) is 4.58. The largest absolute Gasteiger partial charge is 0.396 e. The maximum Gasteiger partial charge on any atom is 0.142 e. The molecule has 0 saturated heterocycles. The molecule has 0 aliphatic carbocycles. The second kappa shape index (κ2) is 5.99. The van der Waals surface area contributed by atoms with Crippen molar-refractivity contribution in [3.63, 3.8) is 0 Å². The van der Waals surface area contributed by atoms with Crippen LogP contribution in [0.4, 0.5) is 5.82 Å². The van der Waals surface area contributed by atoms with E-state index in [4.69, 9.17) is 10.4 Å². The number of pyridine rings is 1. The predicted molar refractivity (Wildman–Crippen MR) is 58.5 cm³/mol. The van der Waals surface area contributed by atoms with Gasteiger partial charge in [-0.15, -0.1) is 0 Å². The first-order valence-electron chi connectivity index (χ1n) is 5.04. The van der Waals surface area contributed by atoms with Gasteiger partial charge in [-0.2, -0.15) is 5.26 Å². The van der Waals surface area contributed by atoms with E-state index in [2.05, 4.69) is 4.98 Å². The van der Waals surface area contributed by atoms with E-state index in [0.29, 0.717) is 12.1 Å². The minimum Gasteiger partial charge on any atom is -0.396 e. The summed E-state index contributed by atoms with van der Waals surface area (Å²) in [4.78, 5) is 6.24. The second-order valence-electron chi connectivity index (χ2n) is 3.15. The molecule has 0 bridgehead atoms. The highest BCUT2D eigenvalue weighted by molar-refractivity contribution is 5.41. The molecule has 1 heterocycles. The van der Waals surface area contributed by atoms with Crippen molar-refractivity contribution in [3.05, 3.63) is 23.9 Å². The van der Waals surface area contributed by atoms with E-state index in [9.17, 15) is 0 Å². The summed E-state index contributed by atoms with van der Waals surface area (Å²) in [5.41, 5.74) is 0.426. The molecule has 0 aliphatic rings. The Morgan fingerprint density at radius 1 is 1.53 bits per heavy atom. The summed E-state index contributed by atoms with van der Waals surface area (Å²) in [5.74, 6) is 0.796. The van der Waals surface area contributed by atoms with E-state index >= 15 is 0 Å². The molecule has 0 radical (unpaired) electrons. The number of hydrogen-bond acceptors (Lipinski definition) is 4. The lowest BCUT2D eigenvalue weighted by atomic mass is 10.3. The zero-order valence-electron chi connectivity index (χ0n) is 8.85. The molecule has 1 aromatic rings. The number of anilines is 1. The summed E-state index contributed by atoms with van der Waals surface area (Å²) in [6.45, 7) is 3.78. The molecular weight excluding hydrogens is 190 g/mol. The maximum atomic E-state index is 8.76. The molecule has 4 nitrogen and oxygen atoms in total. The third kappa shape index (κ3) is 3.22. The van der Waals surface area contributed by atoms with Crippen molar-refractivity contribution in [2.24, 2.45) is 0 Å². The standard InChI is InChI=1S/C11H15N3O/c1-2-14(7-4-8-15)11-6-3-5-10(9-12)13-11/h3,5-6,15H,2,4,7-8H2,1H3. The van der Waals surface area contributed by atoms with Crippen molar-refractivity contribution >= 4 is 5.82 Å². The molecule has 0 aromatic carbocycles. The van der Waals surface area contributed by atoms with Gasteiger partial charge in [-0.1, -0.05) is 6.07 Å². The van der Waals surface area contributed by atoms with Crippen LogP contribution >= 0.6 is 0 Å². The van der Waals surface area contributed by atoms with E-state index in [-0.39, 0.29) is 6.61 Å². The zero-order valence-corrected chi connectivity index (χ0v) is 8.85. The van der Waals surface area contributed by atoms with Gasteiger partial charge in [0.15, 0.2) is 0 Å². The lowest BCUT2D eigenvalue weighted by Crippen LogP contribution is -2.25. The van der Waals surface area contributed by atoms with E-state index in [1.165, 1.54) is 0 Å². The van der Waals surface area contributed by atoms with Crippen molar-refractivity contribution in [2.75, 3.05) is 24.6 Å². The van der Waals surface area contributed by atoms with Crippen LogP contribution in [0.2, 0.25) is 0 Å². The van der Waals surface area contributed by atoms with Gasteiger partial charge in [0, 0.05) is 19.7 Å². The third-order valence-corrected chi connectivity index (χ3v) is 2.14. The maximum absolute atomic E-state index is 8.76. The van der Waals surface area contributed by atoms with Crippen LogP contribution in [0.25, 0.3) is 0 Å². The molecule has 0 saturated carbocycles. The SMILES string of the molecule is CCN(CCCO)c1cccc(C#N)n1. The van der Waals surface area contributed by atoms with Crippen LogP contribution < -0.4 is 4.90 Å². The fraction of sp³-hybridized carbons (Fsp3) is 0.455. The van der Waals surface area contributed by atoms with E-state index < -0.39 is 0 Å². The van der Waals surface area contributed by atoms with Crippen LogP contribution in [0, 0.1) is 11.3 Å². The summed E-state index contributed by atoms with van der Waals surface area (Å²) < 4.78 is 0. The molecule has 15 heavy (non-hydrogen) atoms. The number of aliphatic hydroxyl groups is 1. The monoisotopic (exact) mass is 205 g/mol. The van der Waals surface area contributed by atoms with Gasteiger partial charge in [0.25, 0.3) is 0 Å². The number of hydrogen-bond donors (Lipinski definition) is 1. The average molecular weight is 205 g/mol. The normalized spacial score (nSPS) is 9.67. The van der Waals surface area contributed by atoms with E-state index in [0.717, 1.165) is 18.9 Å². The highest BCUT2D eigenvalue weighted by Crippen LogP contribution is 2.11. The molecule has 1 rings (SSSR count). The molecule has 0 aliphatic heterocycles.